The standard InChI is InChI=1S/C11H18N2O3S/c1-8(2)9(3)6-13-17(15,16)11-7-12-5-4-10(11)14/h4-5,7-9,13H,6H2,1-3H3,(H,12,14). The van der Waals surface area contributed by atoms with Crippen LogP contribution in [0.1, 0.15) is 20.8 Å². The Hall–Kier alpha value is -1.14. The highest BCUT2D eigenvalue weighted by molar-refractivity contribution is 7.89. The molecule has 0 aliphatic heterocycles. The highest BCUT2D eigenvalue weighted by Crippen LogP contribution is 2.09. The predicted octanol–water partition coefficient (Wildman–Crippen LogP) is 0.945. The molecule has 0 bridgehead atoms. The summed E-state index contributed by atoms with van der Waals surface area (Å²) in [5.41, 5.74) is -0.506. The van der Waals surface area contributed by atoms with E-state index in [1.54, 1.807) is 0 Å². The minimum absolute atomic E-state index is 0.215. The van der Waals surface area contributed by atoms with E-state index in [1.165, 1.54) is 18.5 Å². The van der Waals surface area contributed by atoms with E-state index in [0.29, 0.717) is 12.5 Å². The van der Waals surface area contributed by atoms with Crippen LogP contribution in [0, 0.1) is 11.8 Å². The summed E-state index contributed by atoms with van der Waals surface area (Å²) in [7, 11) is -3.71. The van der Waals surface area contributed by atoms with Gasteiger partial charge in [0.25, 0.3) is 0 Å². The third-order valence-electron chi connectivity index (χ3n) is 2.81. The highest BCUT2D eigenvalue weighted by Gasteiger charge is 2.18. The van der Waals surface area contributed by atoms with Crippen molar-refractivity contribution in [3.63, 3.8) is 0 Å². The van der Waals surface area contributed by atoms with Crippen molar-refractivity contribution < 1.29 is 8.42 Å². The van der Waals surface area contributed by atoms with Gasteiger partial charge in [-0.3, -0.25) is 4.79 Å². The molecule has 1 heterocycles. The van der Waals surface area contributed by atoms with Crippen molar-refractivity contribution >= 4 is 10.0 Å². The van der Waals surface area contributed by atoms with Gasteiger partial charge in [0.1, 0.15) is 4.90 Å². The van der Waals surface area contributed by atoms with Crippen LogP contribution in [0.4, 0.5) is 0 Å². The lowest BCUT2D eigenvalue weighted by Crippen LogP contribution is -2.33. The minimum Gasteiger partial charge on any atom is -0.366 e. The molecule has 6 heteroatoms. The topological polar surface area (TPSA) is 79.0 Å². The zero-order chi connectivity index (χ0) is 13.1. The number of aromatic amines is 1. The van der Waals surface area contributed by atoms with E-state index in [0.717, 1.165) is 0 Å². The van der Waals surface area contributed by atoms with Crippen molar-refractivity contribution in [3.8, 4) is 0 Å². The van der Waals surface area contributed by atoms with Crippen molar-refractivity contribution in [2.45, 2.75) is 25.7 Å². The van der Waals surface area contributed by atoms with Crippen LogP contribution >= 0.6 is 0 Å². The fourth-order valence-electron chi connectivity index (χ4n) is 1.17. The maximum Gasteiger partial charge on any atom is 0.245 e. The van der Waals surface area contributed by atoms with Gasteiger partial charge < -0.3 is 4.98 Å². The highest BCUT2D eigenvalue weighted by atomic mass is 32.2. The molecule has 0 saturated carbocycles. The third kappa shape index (κ3) is 3.67. The number of nitrogens with one attached hydrogen (secondary N) is 2. The maximum absolute atomic E-state index is 11.8. The van der Waals surface area contributed by atoms with Crippen LogP contribution < -0.4 is 10.2 Å². The molecule has 1 atom stereocenters. The smallest absolute Gasteiger partial charge is 0.245 e. The Kier molecular flexibility index (Phi) is 4.47. The van der Waals surface area contributed by atoms with Crippen LogP contribution in [0.3, 0.4) is 0 Å². The van der Waals surface area contributed by atoms with Crippen molar-refractivity contribution in [1.82, 2.24) is 9.71 Å². The maximum atomic E-state index is 11.8. The van der Waals surface area contributed by atoms with Gasteiger partial charge in [0.2, 0.25) is 15.5 Å². The molecule has 1 rings (SSSR count). The summed E-state index contributed by atoms with van der Waals surface area (Å²) in [5.74, 6) is 0.597. The molecule has 1 unspecified atom stereocenters. The molecule has 1 aromatic rings. The minimum atomic E-state index is -3.71. The summed E-state index contributed by atoms with van der Waals surface area (Å²) in [5, 5.41) is 0. The van der Waals surface area contributed by atoms with Gasteiger partial charge in [-0.2, -0.15) is 0 Å². The average Bonchev–Trinajstić information content (AvgIpc) is 2.26. The first-order chi connectivity index (χ1) is 7.84. The van der Waals surface area contributed by atoms with E-state index >= 15 is 0 Å². The van der Waals surface area contributed by atoms with Gasteiger partial charge in [-0.05, 0) is 11.8 Å². The Morgan fingerprint density at radius 1 is 1.35 bits per heavy atom. The lowest BCUT2D eigenvalue weighted by Gasteiger charge is -2.15. The van der Waals surface area contributed by atoms with Gasteiger partial charge in [-0.1, -0.05) is 20.8 Å². The number of hydrogen-bond acceptors (Lipinski definition) is 3. The monoisotopic (exact) mass is 258 g/mol. The Labute approximate surface area is 101 Å². The molecule has 17 heavy (non-hydrogen) atoms. The Morgan fingerprint density at radius 3 is 2.53 bits per heavy atom. The average molecular weight is 258 g/mol. The molecule has 0 aliphatic carbocycles. The van der Waals surface area contributed by atoms with E-state index in [9.17, 15) is 13.2 Å². The van der Waals surface area contributed by atoms with Gasteiger partial charge in [-0.25, -0.2) is 13.1 Å². The van der Waals surface area contributed by atoms with Crippen molar-refractivity contribution in [2.75, 3.05) is 6.54 Å². The van der Waals surface area contributed by atoms with E-state index < -0.39 is 15.5 Å². The Balaban J connectivity index is 2.84. The Morgan fingerprint density at radius 2 is 2.00 bits per heavy atom. The molecule has 0 amide bonds. The number of pyridine rings is 1. The Bertz CT molecular complexity index is 520. The molecule has 0 aliphatic rings. The number of H-pyrrole nitrogens is 1. The molecule has 1 aromatic heterocycles. The van der Waals surface area contributed by atoms with Gasteiger partial charge in [0.05, 0.1) is 0 Å². The van der Waals surface area contributed by atoms with Crippen LogP contribution in [-0.2, 0) is 10.0 Å². The van der Waals surface area contributed by atoms with Crippen LogP contribution in [0.5, 0.6) is 0 Å². The fourth-order valence-corrected chi connectivity index (χ4v) is 2.36. The van der Waals surface area contributed by atoms with Gasteiger partial charge in [0.15, 0.2) is 0 Å². The largest absolute Gasteiger partial charge is 0.366 e. The number of hydrogen-bond donors (Lipinski definition) is 2. The molecule has 0 aromatic carbocycles. The lowest BCUT2D eigenvalue weighted by atomic mass is 9.99. The molecule has 2 N–H and O–H groups in total. The second-order valence-electron chi connectivity index (χ2n) is 4.45. The van der Waals surface area contributed by atoms with Crippen molar-refractivity contribution in [3.05, 3.63) is 28.7 Å². The molecular weight excluding hydrogens is 240 g/mol. The first-order valence-corrected chi connectivity index (χ1v) is 6.99. The van der Waals surface area contributed by atoms with Crippen LogP contribution in [0.15, 0.2) is 28.2 Å². The molecule has 0 radical (unpaired) electrons. The molecule has 0 fully saturated rings. The predicted molar refractivity (Wildman–Crippen MR) is 66.3 cm³/mol. The molecule has 0 saturated heterocycles. The number of rotatable bonds is 5. The number of aromatic nitrogens is 1. The van der Waals surface area contributed by atoms with Crippen molar-refractivity contribution in [1.29, 1.82) is 0 Å². The van der Waals surface area contributed by atoms with Crippen LogP contribution in [0.2, 0.25) is 0 Å². The second-order valence-corrected chi connectivity index (χ2v) is 6.18. The summed E-state index contributed by atoms with van der Waals surface area (Å²) in [4.78, 5) is 13.8. The normalized spacial score (nSPS) is 13.9. The van der Waals surface area contributed by atoms with E-state index in [4.69, 9.17) is 0 Å². The quantitative estimate of drug-likeness (QED) is 0.825. The zero-order valence-electron chi connectivity index (χ0n) is 10.2. The lowest BCUT2D eigenvalue weighted by molar-refractivity contribution is 0.414. The summed E-state index contributed by atoms with van der Waals surface area (Å²) in [6.07, 6.45) is 2.60. The summed E-state index contributed by atoms with van der Waals surface area (Å²) in [6, 6.07) is 1.19. The van der Waals surface area contributed by atoms with E-state index in [-0.39, 0.29) is 10.8 Å². The molecule has 96 valence electrons. The zero-order valence-corrected chi connectivity index (χ0v) is 11.0. The number of sulfonamides is 1. The first kappa shape index (κ1) is 13.9. The third-order valence-corrected chi connectivity index (χ3v) is 4.26. The molecule has 0 spiro atoms. The fraction of sp³-hybridized carbons (Fsp3) is 0.545. The van der Waals surface area contributed by atoms with E-state index in [1.807, 2.05) is 20.8 Å². The summed E-state index contributed by atoms with van der Waals surface area (Å²) < 4.78 is 26.1. The van der Waals surface area contributed by atoms with E-state index in [2.05, 4.69) is 9.71 Å². The SMILES string of the molecule is CC(C)C(C)CNS(=O)(=O)c1c[nH]ccc1=O. The second kappa shape index (κ2) is 5.46. The van der Waals surface area contributed by atoms with Gasteiger partial charge in [-0.15, -0.1) is 0 Å². The summed E-state index contributed by atoms with van der Waals surface area (Å²) in [6.45, 7) is 6.33. The van der Waals surface area contributed by atoms with Crippen LogP contribution in [-0.4, -0.2) is 19.9 Å². The van der Waals surface area contributed by atoms with Gasteiger partial charge in [0, 0.05) is 25.0 Å². The first-order valence-electron chi connectivity index (χ1n) is 5.51. The summed E-state index contributed by atoms with van der Waals surface area (Å²) >= 11 is 0. The van der Waals surface area contributed by atoms with Gasteiger partial charge >= 0.3 is 0 Å². The molecule has 5 nitrogen and oxygen atoms in total. The molecular formula is C11H18N2O3S. The van der Waals surface area contributed by atoms with Crippen LogP contribution in [0.25, 0.3) is 0 Å². The van der Waals surface area contributed by atoms with Crippen molar-refractivity contribution in [2.24, 2.45) is 11.8 Å².